The third-order valence-corrected chi connectivity index (χ3v) is 3.19. The maximum atomic E-state index is 11.6. The highest BCUT2D eigenvalue weighted by Gasteiger charge is 2.05. The molecule has 0 atom stereocenters. The molecule has 1 amide bonds. The lowest BCUT2D eigenvalue weighted by molar-refractivity contribution is -0.127. The van der Waals surface area contributed by atoms with Crippen LogP contribution in [-0.4, -0.2) is 62.9 Å². The number of likely N-dealkylation sites (N-methyl/N-ethyl adjacent to an activating group) is 1. The summed E-state index contributed by atoms with van der Waals surface area (Å²) in [6, 6.07) is 8.44. The van der Waals surface area contributed by atoms with Crippen LogP contribution >= 0.6 is 24.0 Å². The van der Waals surface area contributed by atoms with Gasteiger partial charge in [0.2, 0.25) is 5.91 Å². The van der Waals surface area contributed by atoms with Crippen molar-refractivity contribution >= 4 is 35.8 Å². The molecule has 0 saturated heterocycles. The van der Waals surface area contributed by atoms with Crippen LogP contribution in [0.2, 0.25) is 0 Å². The average Bonchev–Trinajstić information content (AvgIpc) is 2.50. The number of hydrogen-bond donors (Lipinski definition) is 2. The monoisotopic (exact) mass is 447 g/mol. The zero-order valence-corrected chi connectivity index (χ0v) is 17.6. The maximum absolute atomic E-state index is 11.6. The summed E-state index contributed by atoms with van der Waals surface area (Å²) in [7, 11) is 7.59. The van der Waals surface area contributed by atoms with Crippen molar-refractivity contribution < 1.29 is 4.79 Å². The third kappa shape index (κ3) is 9.07. The topological polar surface area (TPSA) is 60.0 Å². The number of hydrogen-bond acceptors (Lipinski definition) is 3. The molecule has 136 valence electrons. The van der Waals surface area contributed by atoms with Crippen LogP contribution in [0.5, 0.6) is 0 Å². The summed E-state index contributed by atoms with van der Waals surface area (Å²) in [5.41, 5.74) is 2.42. The van der Waals surface area contributed by atoms with Crippen LogP contribution in [-0.2, 0) is 17.9 Å². The van der Waals surface area contributed by atoms with Crippen molar-refractivity contribution in [1.82, 2.24) is 20.4 Å². The fourth-order valence-corrected chi connectivity index (χ4v) is 1.94. The van der Waals surface area contributed by atoms with Crippen molar-refractivity contribution in [3.05, 3.63) is 35.4 Å². The van der Waals surface area contributed by atoms with Gasteiger partial charge in [-0.25, -0.2) is 4.99 Å². The van der Waals surface area contributed by atoms with Gasteiger partial charge < -0.3 is 20.4 Å². The summed E-state index contributed by atoms with van der Waals surface area (Å²) in [5, 5.41) is 6.20. The molecule has 6 nitrogen and oxygen atoms in total. The van der Waals surface area contributed by atoms with Gasteiger partial charge >= 0.3 is 0 Å². The first-order chi connectivity index (χ1) is 10.9. The fraction of sp³-hybridized carbons (Fsp3) is 0.529. The molecule has 2 N–H and O–H groups in total. The number of benzene rings is 1. The maximum Gasteiger partial charge on any atom is 0.241 e. The summed E-state index contributed by atoms with van der Waals surface area (Å²) in [4.78, 5) is 19.8. The van der Waals surface area contributed by atoms with E-state index in [2.05, 4.69) is 58.9 Å². The van der Waals surface area contributed by atoms with E-state index in [4.69, 9.17) is 0 Å². The molecule has 7 heteroatoms. The Kier molecular flexibility index (Phi) is 11.4. The van der Waals surface area contributed by atoms with Crippen LogP contribution in [0.15, 0.2) is 29.3 Å². The lowest BCUT2D eigenvalue weighted by Gasteiger charge is -2.14. The van der Waals surface area contributed by atoms with Gasteiger partial charge in [-0.05, 0) is 32.1 Å². The first-order valence-corrected chi connectivity index (χ1v) is 7.87. The van der Waals surface area contributed by atoms with E-state index in [0.29, 0.717) is 12.5 Å². The molecule has 0 fully saturated rings. The predicted molar refractivity (Wildman–Crippen MR) is 111 cm³/mol. The predicted octanol–water partition coefficient (Wildman–Crippen LogP) is 1.51. The van der Waals surface area contributed by atoms with Gasteiger partial charge in [0.25, 0.3) is 0 Å². The molecule has 0 unspecified atom stereocenters. The van der Waals surface area contributed by atoms with Gasteiger partial charge in [0.05, 0.1) is 13.1 Å². The van der Waals surface area contributed by atoms with Crippen molar-refractivity contribution in [2.75, 3.05) is 41.3 Å². The minimum Gasteiger partial charge on any atom is -0.357 e. The second kappa shape index (κ2) is 12.1. The molecule has 1 aromatic rings. The van der Waals surface area contributed by atoms with Crippen LogP contribution in [0.4, 0.5) is 0 Å². The van der Waals surface area contributed by atoms with E-state index < -0.39 is 0 Å². The number of amides is 1. The standard InChI is InChI=1S/C17H29N5O.HI/c1-6-18-17(20-12-16(23)22(4)5)19-11-14-7-9-15(10-8-14)13-21(2)3;/h7-10H,6,11-13H2,1-5H3,(H2,18,19,20);1H. The van der Waals surface area contributed by atoms with Gasteiger partial charge in [-0.3, -0.25) is 4.79 Å². The van der Waals surface area contributed by atoms with Gasteiger partial charge in [0.15, 0.2) is 5.96 Å². The van der Waals surface area contributed by atoms with Crippen LogP contribution in [0.25, 0.3) is 0 Å². The van der Waals surface area contributed by atoms with E-state index in [0.717, 1.165) is 18.7 Å². The summed E-state index contributed by atoms with van der Waals surface area (Å²) in [6.07, 6.45) is 0. The van der Waals surface area contributed by atoms with Gasteiger partial charge in [-0.1, -0.05) is 24.3 Å². The van der Waals surface area contributed by atoms with Crippen molar-refractivity contribution in [3.8, 4) is 0 Å². The minimum atomic E-state index is 0. The number of aliphatic imine (C=N–C) groups is 1. The molecule has 1 rings (SSSR count). The normalized spacial score (nSPS) is 11.0. The number of halogens is 1. The number of carbonyl (C=O) groups is 1. The highest BCUT2D eigenvalue weighted by molar-refractivity contribution is 14.0. The summed E-state index contributed by atoms with van der Waals surface area (Å²) < 4.78 is 0. The quantitative estimate of drug-likeness (QED) is 0.378. The highest BCUT2D eigenvalue weighted by Crippen LogP contribution is 2.07. The van der Waals surface area contributed by atoms with Crippen molar-refractivity contribution in [2.45, 2.75) is 20.0 Å². The largest absolute Gasteiger partial charge is 0.357 e. The lowest BCUT2D eigenvalue weighted by atomic mass is 10.1. The number of carbonyl (C=O) groups excluding carboxylic acids is 1. The smallest absolute Gasteiger partial charge is 0.241 e. The van der Waals surface area contributed by atoms with E-state index in [-0.39, 0.29) is 36.4 Å². The van der Waals surface area contributed by atoms with Crippen LogP contribution in [0.1, 0.15) is 18.1 Å². The summed E-state index contributed by atoms with van der Waals surface area (Å²) in [6.45, 7) is 4.50. The Labute approximate surface area is 162 Å². The Morgan fingerprint density at radius 1 is 1.04 bits per heavy atom. The minimum absolute atomic E-state index is 0. The van der Waals surface area contributed by atoms with E-state index in [1.807, 2.05) is 6.92 Å². The molecule has 0 saturated carbocycles. The fourth-order valence-electron chi connectivity index (χ4n) is 1.94. The van der Waals surface area contributed by atoms with E-state index in [9.17, 15) is 4.79 Å². The Bertz CT molecular complexity index is 514. The van der Waals surface area contributed by atoms with Gasteiger partial charge in [-0.2, -0.15) is 0 Å². The van der Waals surface area contributed by atoms with E-state index in [1.54, 1.807) is 19.0 Å². The molecular formula is C17H30IN5O. The van der Waals surface area contributed by atoms with E-state index >= 15 is 0 Å². The molecular weight excluding hydrogens is 417 g/mol. The Balaban J connectivity index is 0.00000529. The van der Waals surface area contributed by atoms with Gasteiger partial charge in [-0.15, -0.1) is 24.0 Å². The van der Waals surface area contributed by atoms with Crippen molar-refractivity contribution in [3.63, 3.8) is 0 Å². The van der Waals surface area contributed by atoms with Crippen LogP contribution in [0.3, 0.4) is 0 Å². The molecule has 0 radical (unpaired) electrons. The first kappa shape index (κ1) is 22.6. The number of guanidine groups is 1. The van der Waals surface area contributed by atoms with Crippen molar-refractivity contribution in [2.24, 2.45) is 4.99 Å². The zero-order chi connectivity index (χ0) is 17.2. The molecule has 0 spiro atoms. The first-order valence-electron chi connectivity index (χ1n) is 7.87. The van der Waals surface area contributed by atoms with Gasteiger partial charge in [0, 0.05) is 27.2 Å². The molecule has 1 aromatic carbocycles. The summed E-state index contributed by atoms with van der Waals surface area (Å²) >= 11 is 0. The molecule has 0 bridgehead atoms. The Hall–Kier alpha value is -1.35. The second-order valence-corrected chi connectivity index (χ2v) is 5.89. The Morgan fingerprint density at radius 3 is 2.12 bits per heavy atom. The zero-order valence-electron chi connectivity index (χ0n) is 15.3. The number of nitrogens with zero attached hydrogens (tertiary/aromatic N) is 3. The molecule has 0 heterocycles. The third-order valence-electron chi connectivity index (χ3n) is 3.19. The van der Waals surface area contributed by atoms with Crippen molar-refractivity contribution in [1.29, 1.82) is 0 Å². The average molecular weight is 447 g/mol. The SMILES string of the molecule is CCNC(=NCc1ccc(CN(C)C)cc1)NCC(=O)N(C)C.I. The molecule has 24 heavy (non-hydrogen) atoms. The van der Waals surface area contributed by atoms with Gasteiger partial charge in [0.1, 0.15) is 0 Å². The Morgan fingerprint density at radius 2 is 1.62 bits per heavy atom. The summed E-state index contributed by atoms with van der Waals surface area (Å²) in [5.74, 6) is 0.670. The highest BCUT2D eigenvalue weighted by atomic mass is 127. The van der Waals surface area contributed by atoms with Crippen LogP contribution in [0, 0.1) is 0 Å². The molecule has 0 aliphatic rings. The van der Waals surface area contributed by atoms with Crippen LogP contribution < -0.4 is 10.6 Å². The molecule has 0 aliphatic heterocycles. The number of rotatable bonds is 7. The second-order valence-electron chi connectivity index (χ2n) is 5.89. The number of nitrogens with one attached hydrogen (secondary N) is 2. The lowest BCUT2D eigenvalue weighted by Crippen LogP contribution is -2.42. The molecule has 0 aliphatic carbocycles. The molecule has 0 aromatic heterocycles. The van der Waals surface area contributed by atoms with E-state index in [1.165, 1.54) is 5.56 Å².